The van der Waals surface area contributed by atoms with E-state index < -0.39 is 10.0 Å². The van der Waals surface area contributed by atoms with E-state index in [2.05, 4.69) is 10.0 Å². The van der Waals surface area contributed by atoms with Crippen LogP contribution in [0.1, 0.15) is 22.0 Å². The fourth-order valence-electron chi connectivity index (χ4n) is 2.70. The van der Waals surface area contributed by atoms with Crippen LogP contribution in [0, 0.1) is 0 Å². The summed E-state index contributed by atoms with van der Waals surface area (Å²) in [4.78, 5) is 14.5. The van der Waals surface area contributed by atoms with E-state index in [-0.39, 0.29) is 28.2 Å². The highest BCUT2D eigenvalue weighted by Crippen LogP contribution is 2.25. The number of carbonyl (C=O) groups excluding carboxylic acids is 1. The third-order valence-corrected chi connectivity index (χ3v) is 5.68. The third-order valence-electron chi connectivity index (χ3n) is 4.25. The largest absolute Gasteiger partial charge is 0.495 e. The van der Waals surface area contributed by atoms with Gasteiger partial charge < -0.3 is 15.0 Å². The number of hydrogen-bond acceptors (Lipinski definition) is 5. The van der Waals surface area contributed by atoms with Crippen LogP contribution >= 0.6 is 0 Å². The summed E-state index contributed by atoms with van der Waals surface area (Å²) in [6, 6.07) is 14.2. The lowest BCUT2D eigenvalue weighted by Crippen LogP contribution is -2.34. The van der Waals surface area contributed by atoms with Gasteiger partial charge in [-0.3, -0.25) is 4.79 Å². The molecule has 2 rings (SSSR count). The van der Waals surface area contributed by atoms with Crippen molar-refractivity contribution >= 4 is 15.9 Å². The Hall–Kier alpha value is -2.42. The first kappa shape index (κ1) is 20.9. The number of sulfonamides is 1. The topological polar surface area (TPSA) is 87.7 Å². The van der Waals surface area contributed by atoms with E-state index in [0.717, 1.165) is 5.56 Å². The van der Waals surface area contributed by atoms with Crippen LogP contribution < -0.4 is 14.8 Å². The van der Waals surface area contributed by atoms with Crippen molar-refractivity contribution < 1.29 is 17.9 Å². The Morgan fingerprint density at radius 1 is 1.15 bits per heavy atom. The van der Waals surface area contributed by atoms with Crippen LogP contribution in [-0.2, 0) is 10.0 Å². The van der Waals surface area contributed by atoms with Crippen molar-refractivity contribution in [2.24, 2.45) is 0 Å². The minimum absolute atomic E-state index is 0.00564. The number of ether oxygens (including phenoxy) is 1. The van der Waals surface area contributed by atoms with Gasteiger partial charge in [-0.05, 0) is 44.9 Å². The number of benzene rings is 2. The van der Waals surface area contributed by atoms with E-state index in [9.17, 15) is 13.2 Å². The van der Waals surface area contributed by atoms with Crippen molar-refractivity contribution in [3.8, 4) is 5.75 Å². The molecule has 1 amide bonds. The second-order valence-corrected chi connectivity index (χ2v) is 8.03. The molecule has 8 heteroatoms. The third kappa shape index (κ3) is 5.06. The van der Waals surface area contributed by atoms with E-state index in [1.54, 1.807) is 0 Å². The van der Waals surface area contributed by atoms with Crippen LogP contribution in [0.2, 0.25) is 0 Å². The maximum Gasteiger partial charge on any atom is 0.251 e. The van der Waals surface area contributed by atoms with Gasteiger partial charge in [-0.2, -0.15) is 0 Å². The van der Waals surface area contributed by atoms with E-state index in [0.29, 0.717) is 6.54 Å². The summed E-state index contributed by atoms with van der Waals surface area (Å²) in [5.74, 6) is -0.177. The maximum atomic E-state index is 12.6. The van der Waals surface area contributed by atoms with Crippen molar-refractivity contribution in [1.29, 1.82) is 0 Å². The van der Waals surface area contributed by atoms with E-state index in [1.165, 1.54) is 32.4 Å². The molecule has 0 heterocycles. The highest BCUT2D eigenvalue weighted by Gasteiger charge is 2.21. The number of likely N-dealkylation sites (N-methyl/N-ethyl adjacent to an activating group) is 1. The van der Waals surface area contributed by atoms with Crippen molar-refractivity contribution in [2.75, 3.05) is 34.8 Å². The molecule has 1 unspecified atom stereocenters. The van der Waals surface area contributed by atoms with Crippen LogP contribution in [0.25, 0.3) is 0 Å². The molecule has 0 bridgehead atoms. The number of rotatable bonds is 8. The Morgan fingerprint density at radius 3 is 2.37 bits per heavy atom. The number of nitrogens with one attached hydrogen (secondary N) is 2. The lowest BCUT2D eigenvalue weighted by atomic mass is 10.1. The molecule has 1 atom stereocenters. The minimum Gasteiger partial charge on any atom is -0.495 e. The molecule has 7 nitrogen and oxygen atoms in total. The van der Waals surface area contributed by atoms with Crippen LogP contribution in [0.4, 0.5) is 0 Å². The summed E-state index contributed by atoms with van der Waals surface area (Å²) >= 11 is 0. The van der Waals surface area contributed by atoms with Crippen molar-refractivity contribution in [1.82, 2.24) is 14.9 Å². The highest BCUT2D eigenvalue weighted by molar-refractivity contribution is 7.89. The predicted octanol–water partition coefficient (Wildman–Crippen LogP) is 1.64. The Morgan fingerprint density at radius 2 is 1.81 bits per heavy atom. The number of hydrogen-bond donors (Lipinski definition) is 2. The molecular weight excluding hydrogens is 366 g/mol. The summed E-state index contributed by atoms with van der Waals surface area (Å²) in [5, 5.41) is 2.88. The molecule has 2 aromatic carbocycles. The quantitative estimate of drug-likeness (QED) is 0.714. The molecule has 0 aliphatic rings. The Kier molecular flexibility index (Phi) is 6.95. The van der Waals surface area contributed by atoms with Crippen LogP contribution in [0.5, 0.6) is 5.75 Å². The van der Waals surface area contributed by atoms with E-state index >= 15 is 0 Å². The van der Waals surface area contributed by atoms with Gasteiger partial charge in [0.05, 0.1) is 13.2 Å². The molecular formula is C19H25N3O4S. The fraction of sp³-hybridized carbons (Fsp3) is 0.316. The molecule has 0 aliphatic heterocycles. The SMILES string of the molecule is CNS(=O)(=O)c1cc(C(=O)NCC(c2ccccc2)N(C)C)ccc1OC. The van der Waals surface area contributed by atoms with Gasteiger partial charge in [0.25, 0.3) is 5.91 Å². The molecule has 0 spiro atoms. The smallest absolute Gasteiger partial charge is 0.251 e. The Bertz CT molecular complexity index is 883. The summed E-state index contributed by atoms with van der Waals surface area (Å²) < 4.78 is 31.7. The van der Waals surface area contributed by atoms with Crippen molar-refractivity contribution in [2.45, 2.75) is 10.9 Å². The molecule has 146 valence electrons. The van der Waals surface area contributed by atoms with Gasteiger partial charge in [-0.25, -0.2) is 13.1 Å². The van der Waals surface area contributed by atoms with Gasteiger partial charge in [-0.1, -0.05) is 30.3 Å². The van der Waals surface area contributed by atoms with Gasteiger partial charge in [0, 0.05) is 12.1 Å². The second kappa shape index (κ2) is 8.98. The van der Waals surface area contributed by atoms with E-state index in [4.69, 9.17) is 4.74 Å². The van der Waals surface area contributed by atoms with Crippen molar-refractivity contribution in [3.05, 3.63) is 59.7 Å². The number of carbonyl (C=O) groups is 1. The Balaban J connectivity index is 2.22. The van der Waals surface area contributed by atoms with E-state index in [1.807, 2.05) is 49.3 Å². The summed E-state index contributed by atoms with van der Waals surface area (Å²) in [6.07, 6.45) is 0. The summed E-state index contributed by atoms with van der Waals surface area (Å²) in [5.41, 5.74) is 1.33. The molecule has 27 heavy (non-hydrogen) atoms. The molecule has 0 fully saturated rings. The van der Waals surface area contributed by atoms with Gasteiger partial charge in [0.1, 0.15) is 10.6 Å². The predicted molar refractivity (Wildman–Crippen MR) is 104 cm³/mol. The summed E-state index contributed by atoms with van der Waals surface area (Å²) in [7, 11) is 2.82. The second-order valence-electron chi connectivity index (χ2n) is 6.17. The molecule has 2 N–H and O–H groups in total. The molecule has 0 aromatic heterocycles. The highest BCUT2D eigenvalue weighted by atomic mass is 32.2. The zero-order chi connectivity index (χ0) is 20.0. The van der Waals surface area contributed by atoms with Crippen LogP contribution in [0.15, 0.2) is 53.4 Å². The first-order chi connectivity index (χ1) is 12.8. The average molecular weight is 391 g/mol. The number of amides is 1. The molecule has 0 radical (unpaired) electrons. The zero-order valence-corrected chi connectivity index (χ0v) is 16.7. The van der Waals surface area contributed by atoms with Crippen LogP contribution in [-0.4, -0.2) is 54.0 Å². The minimum atomic E-state index is -3.75. The fourth-order valence-corrected chi connectivity index (χ4v) is 3.62. The van der Waals surface area contributed by atoms with Crippen molar-refractivity contribution in [3.63, 3.8) is 0 Å². The zero-order valence-electron chi connectivity index (χ0n) is 15.9. The number of nitrogens with zero attached hydrogens (tertiary/aromatic N) is 1. The van der Waals surface area contributed by atoms with Gasteiger partial charge >= 0.3 is 0 Å². The van der Waals surface area contributed by atoms with Gasteiger partial charge in [0.2, 0.25) is 10.0 Å². The maximum absolute atomic E-state index is 12.6. The molecule has 0 saturated carbocycles. The lowest BCUT2D eigenvalue weighted by Gasteiger charge is -2.25. The lowest BCUT2D eigenvalue weighted by molar-refractivity contribution is 0.0941. The standard InChI is InChI=1S/C19H25N3O4S/c1-20-27(24,25)18-12-15(10-11-17(18)26-4)19(23)21-13-16(22(2)3)14-8-6-5-7-9-14/h5-12,16,20H,13H2,1-4H3,(H,21,23). The first-order valence-electron chi connectivity index (χ1n) is 8.41. The van der Waals surface area contributed by atoms with Gasteiger partial charge in [-0.15, -0.1) is 0 Å². The monoisotopic (exact) mass is 391 g/mol. The Labute approximate surface area is 160 Å². The first-order valence-corrected chi connectivity index (χ1v) is 9.89. The molecule has 0 saturated heterocycles. The summed E-state index contributed by atoms with van der Waals surface area (Å²) in [6.45, 7) is 0.385. The molecule has 2 aromatic rings. The normalized spacial score (nSPS) is 12.6. The average Bonchev–Trinajstić information content (AvgIpc) is 2.68. The van der Waals surface area contributed by atoms with Gasteiger partial charge in [0.15, 0.2) is 0 Å². The van der Waals surface area contributed by atoms with Crippen LogP contribution in [0.3, 0.4) is 0 Å². The number of methoxy groups -OCH3 is 1. The molecule has 0 aliphatic carbocycles.